The van der Waals surface area contributed by atoms with E-state index in [0.717, 1.165) is 25.4 Å². The average Bonchev–Trinajstić information content (AvgIpc) is 2.41. The van der Waals surface area contributed by atoms with Gasteiger partial charge in [0.05, 0.1) is 0 Å². The molecule has 0 aliphatic carbocycles. The van der Waals surface area contributed by atoms with Gasteiger partial charge < -0.3 is 10.1 Å². The molecule has 1 aliphatic rings. The molecule has 1 aliphatic heterocycles. The van der Waals surface area contributed by atoms with E-state index in [2.05, 4.69) is 37.4 Å². The van der Waals surface area contributed by atoms with Crippen LogP contribution in [0.1, 0.15) is 30.9 Å². The standard InChI is InChI=1S/C12H17NO/c1-9(2)10-3-4-12-11(7-10)8-13-5-6-14-12/h3-4,7,9,13H,5-6,8H2,1-2H3. The summed E-state index contributed by atoms with van der Waals surface area (Å²) >= 11 is 0. The summed E-state index contributed by atoms with van der Waals surface area (Å²) in [5.74, 6) is 1.63. The number of hydrogen-bond acceptors (Lipinski definition) is 2. The number of ether oxygens (including phenoxy) is 1. The first-order chi connectivity index (χ1) is 6.77. The van der Waals surface area contributed by atoms with E-state index in [1.54, 1.807) is 0 Å². The van der Waals surface area contributed by atoms with Crippen molar-refractivity contribution < 1.29 is 4.74 Å². The molecule has 0 saturated heterocycles. The molecule has 0 saturated carbocycles. The Balaban J connectivity index is 2.32. The lowest BCUT2D eigenvalue weighted by Crippen LogP contribution is -2.16. The summed E-state index contributed by atoms with van der Waals surface area (Å²) in [4.78, 5) is 0. The Morgan fingerprint density at radius 2 is 2.21 bits per heavy atom. The molecule has 76 valence electrons. The Hall–Kier alpha value is -1.02. The third kappa shape index (κ3) is 1.90. The SMILES string of the molecule is CC(C)c1ccc2c(c1)CNCCO2. The fourth-order valence-electron chi connectivity index (χ4n) is 1.69. The molecule has 14 heavy (non-hydrogen) atoms. The zero-order valence-corrected chi connectivity index (χ0v) is 8.84. The van der Waals surface area contributed by atoms with Crippen LogP contribution in [0.2, 0.25) is 0 Å². The third-order valence-electron chi connectivity index (χ3n) is 2.60. The predicted molar refractivity (Wildman–Crippen MR) is 57.7 cm³/mol. The van der Waals surface area contributed by atoms with Crippen molar-refractivity contribution in [2.75, 3.05) is 13.2 Å². The van der Waals surface area contributed by atoms with Gasteiger partial charge in [0.2, 0.25) is 0 Å². The summed E-state index contributed by atoms with van der Waals surface area (Å²) in [5.41, 5.74) is 2.67. The van der Waals surface area contributed by atoms with Crippen LogP contribution in [-0.4, -0.2) is 13.2 Å². The van der Waals surface area contributed by atoms with E-state index in [1.165, 1.54) is 11.1 Å². The molecule has 1 heterocycles. The number of rotatable bonds is 1. The topological polar surface area (TPSA) is 21.3 Å². The molecule has 0 radical (unpaired) electrons. The van der Waals surface area contributed by atoms with E-state index < -0.39 is 0 Å². The molecule has 2 rings (SSSR count). The van der Waals surface area contributed by atoms with E-state index >= 15 is 0 Å². The van der Waals surface area contributed by atoms with Crippen molar-refractivity contribution >= 4 is 0 Å². The van der Waals surface area contributed by atoms with Crippen LogP contribution in [0.5, 0.6) is 5.75 Å². The number of nitrogens with one attached hydrogen (secondary N) is 1. The highest BCUT2D eigenvalue weighted by molar-refractivity contribution is 5.38. The molecule has 1 aromatic carbocycles. The molecule has 1 N–H and O–H groups in total. The van der Waals surface area contributed by atoms with Crippen molar-refractivity contribution in [3.8, 4) is 5.75 Å². The van der Waals surface area contributed by atoms with E-state index in [1.807, 2.05) is 0 Å². The van der Waals surface area contributed by atoms with Crippen molar-refractivity contribution in [2.45, 2.75) is 26.3 Å². The Morgan fingerprint density at radius 3 is 3.00 bits per heavy atom. The number of fused-ring (bicyclic) bond motifs is 1. The monoisotopic (exact) mass is 191 g/mol. The second-order valence-electron chi connectivity index (χ2n) is 4.05. The van der Waals surface area contributed by atoms with Crippen molar-refractivity contribution in [2.24, 2.45) is 0 Å². The fourth-order valence-corrected chi connectivity index (χ4v) is 1.69. The molecular formula is C12H17NO. The van der Waals surface area contributed by atoms with Gasteiger partial charge >= 0.3 is 0 Å². The number of hydrogen-bond donors (Lipinski definition) is 1. The van der Waals surface area contributed by atoms with E-state index in [4.69, 9.17) is 4.74 Å². The third-order valence-corrected chi connectivity index (χ3v) is 2.60. The summed E-state index contributed by atoms with van der Waals surface area (Å²) in [5, 5.41) is 3.34. The zero-order chi connectivity index (χ0) is 9.97. The summed E-state index contributed by atoms with van der Waals surface area (Å²) in [6.07, 6.45) is 0. The van der Waals surface area contributed by atoms with Crippen molar-refractivity contribution in [3.63, 3.8) is 0 Å². The normalized spacial score (nSPS) is 15.9. The molecule has 1 aromatic rings. The van der Waals surface area contributed by atoms with Gasteiger partial charge in [0, 0.05) is 18.7 Å². The highest BCUT2D eigenvalue weighted by Crippen LogP contribution is 2.25. The molecule has 0 amide bonds. The lowest BCUT2D eigenvalue weighted by atomic mass is 10.0. The zero-order valence-electron chi connectivity index (χ0n) is 8.84. The van der Waals surface area contributed by atoms with Gasteiger partial charge in [-0.1, -0.05) is 26.0 Å². The molecule has 0 aromatic heterocycles. The Bertz CT molecular complexity index is 320. The summed E-state index contributed by atoms with van der Waals surface area (Å²) in [7, 11) is 0. The van der Waals surface area contributed by atoms with Gasteiger partial charge in [-0.15, -0.1) is 0 Å². The summed E-state index contributed by atoms with van der Waals surface area (Å²) < 4.78 is 5.62. The fraction of sp³-hybridized carbons (Fsp3) is 0.500. The predicted octanol–water partition coefficient (Wildman–Crippen LogP) is 2.29. The first kappa shape index (κ1) is 9.53. The quantitative estimate of drug-likeness (QED) is 0.735. The van der Waals surface area contributed by atoms with Gasteiger partial charge in [-0.25, -0.2) is 0 Å². The minimum absolute atomic E-state index is 0.587. The Labute approximate surface area is 85.3 Å². The van der Waals surface area contributed by atoms with E-state index in [9.17, 15) is 0 Å². The van der Waals surface area contributed by atoms with Gasteiger partial charge in [-0.3, -0.25) is 0 Å². The molecule has 0 unspecified atom stereocenters. The maximum Gasteiger partial charge on any atom is 0.123 e. The highest BCUT2D eigenvalue weighted by Gasteiger charge is 2.09. The first-order valence-corrected chi connectivity index (χ1v) is 5.23. The van der Waals surface area contributed by atoms with Gasteiger partial charge in [-0.05, 0) is 17.5 Å². The van der Waals surface area contributed by atoms with Crippen LogP contribution in [0.15, 0.2) is 18.2 Å². The lowest BCUT2D eigenvalue weighted by molar-refractivity contribution is 0.325. The van der Waals surface area contributed by atoms with Crippen LogP contribution in [0.25, 0.3) is 0 Å². The lowest BCUT2D eigenvalue weighted by Gasteiger charge is -2.10. The van der Waals surface area contributed by atoms with Crippen LogP contribution in [-0.2, 0) is 6.54 Å². The minimum atomic E-state index is 0.587. The molecule has 2 heteroatoms. The molecule has 0 atom stereocenters. The van der Waals surface area contributed by atoms with Crippen LogP contribution >= 0.6 is 0 Å². The van der Waals surface area contributed by atoms with Gasteiger partial charge in [-0.2, -0.15) is 0 Å². The second-order valence-corrected chi connectivity index (χ2v) is 4.05. The molecule has 0 bridgehead atoms. The van der Waals surface area contributed by atoms with Crippen molar-refractivity contribution in [1.29, 1.82) is 0 Å². The molecule has 0 fully saturated rings. The first-order valence-electron chi connectivity index (χ1n) is 5.23. The minimum Gasteiger partial charge on any atom is -0.492 e. The van der Waals surface area contributed by atoms with Gasteiger partial charge in [0.25, 0.3) is 0 Å². The summed E-state index contributed by atoms with van der Waals surface area (Å²) in [6.45, 7) is 7.06. The highest BCUT2D eigenvalue weighted by atomic mass is 16.5. The maximum atomic E-state index is 5.62. The largest absolute Gasteiger partial charge is 0.492 e. The van der Waals surface area contributed by atoms with Crippen LogP contribution < -0.4 is 10.1 Å². The summed E-state index contributed by atoms with van der Waals surface area (Å²) in [6, 6.07) is 6.50. The van der Waals surface area contributed by atoms with Crippen molar-refractivity contribution in [3.05, 3.63) is 29.3 Å². The van der Waals surface area contributed by atoms with Crippen LogP contribution in [0, 0.1) is 0 Å². The average molecular weight is 191 g/mol. The van der Waals surface area contributed by atoms with Crippen LogP contribution in [0.3, 0.4) is 0 Å². The van der Waals surface area contributed by atoms with E-state index in [0.29, 0.717) is 5.92 Å². The number of benzene rings is 1. The van der Waals surface area contributed by atoms with Gasteiger partial charge in [0.1, 0.15) is 12.4 Å². The van der Waals surface area contributed by atoms with Crippen LogP contribution in [0.4, 0.5) is 0 Å². The molecule has 0 spiro atoms. The van der Waals surface area contributed by atoms with Gasteiger partial charge in [0.15, 0.2) is 0 Å². The van der Waals surface area contributed by atoms with E-state index in [-0.39, 0.29) is 0 Å². The Kier molecular flexibility index (Phi) is 2.73. The molecular weight excluding hydrogens is 174 g/mol. The Morgan fingerprint density at radius 1 is 1.36 bits per heavy atom. The molecule has 2 nitrogen and oxygen atoms in total. The second kappa shape index (κ2) is 4.01. The van der Waals surface area contributed by atoms with Crippen molar-refractivity contribution in [1.82, 2.24) is 5.32 Å². The smallest absolute Gasteiger partial charge is 0.123 e. The maximum absolute atomic E-state index is 5.62.